The van der Waals surface area contributed by atoms with Crippen molar-refractivity contribution in [3.63, 3.8) is 0 Å². The highest BCUT2D eigenvalue weighted by molar-refractivity contribution is 5.87. The van der Waals surface area contributed by atoms with Crippen molar-refractivity contribution in [2.45, 2.75) is 25.3 Å². The lowest BCUT2D eigenvalue weighted by Gasteiger charge is -2.29. The Morgan fingerprint density at radius 3 is 2.76 bits per heavy atom. The average Bonchev–Trinajstić information content (AvgIpc) is 3.45. The van der Waals surface area contributed by atoms with Crippen LogP contribution in [0.15, 0.2) is 48.8 Å². The number of hydrazine groups is 1. The normalized spacial score (nSPS) is 23.9. The number of nitrogens with zero attached hydrogens (tertiary/aromatic N) is 2. The van der Waals surface area contributed by atoms with Gasteiger partial charge in [0.05, 0.1) is 5.41 Å². The molecule has 0 radical (unpaired) electrons. The highest BCUT2D eigenvalue weighted by Gasteiger charge is 2.47. The van der Waals surface area contributed by atoms with Crippen LogP contribution >= 0.6 is 0 Å². The molecule has 0 saturated carbocycles. The molecule has 7 heteroatoms. The van der Waals surface area contributed by atoms with Crippen molar-refractivity contribution in [2.75, 3.05) is 26.7 Å². The van der Waals surface area contributed by atoms with Gasteiger partial charge in [-0.2, -0.15) is 0 Å². The quantitative estimate of drug-likeness (QED) is 0.709. The van der Waals surface area contributed by atoms with Crippen molar-refractivity contribution in [2.24, 2.45) is 5.41 Å². The maximum absolute atomic E-state index is 13.0. The molecule has 4 rings (SSSR count). The fourth-order valence-electron chi connectivity index (χ4n) is 4.48. The smallest absolute Gasteiger partial charge is 0.241 e. The number of hydrogen-bond donors (Lipinski definition) is 3. The van der Waals surface area contributed by atoms with Crippen LogP contribution < -0.4 is 16.2 Å². The summed E-state index contributed by atoms with van der Waals surface area (Å²) in [5.74, 6) is 0.0676. The molecule has 152 valence electrons. The zero-order valence-electron chi connectivity index (χ0n) is 16.6. The fourth-order valence-corrected chi connectivity index (χ4v) is 4.48. The number of nitrogens with one attached hydrogen (secondary N) is 3. The highest BCUT2D eigenvalue weighted by Crippen LogP contribution is 2.37. The summed E-state index contributed by atoms with van der Waals surface area (Å²) in [5, 5.41) is 2.84. The second-order valence-corrected chi connectivity index (χ2v) is 7.85. The van der Waals surface area contributed by atoms with Crippen molar-refractivity contribution in [3.05, 3.63) is 54.4 Å². The molecular weight excluding hydrogens is 366 g/mol. The number of benzene rings is 1. The van der Waals surface area contributed by atoms with Crippen molar-refractivity contribution in [3.8, 4) is 11.1 Å². The second kappa shape index (κ2) is 8.31. The minimum Gasteiger partial charge on any atom is -0.359 e. The Balaban J connectivity index is 1.61. The second-order valence-electron chi connectivity index (χ2n) is 7.85. The van der Waals surface area contributed by atoms with Crippen LogP contribution in [0.1, 0.15) is 18.4 Å². The molecule has 0 bridgehead atoms. The van der Waals surface area contributed by atoms with Gasteiger partial charge < -0.3 is 10.2 Å². The van der Waals surface area contributed by atoms with E-state index >= 15 is 0 Å². The van der Waals surface area contributed by atoms with Gasteiger partial charge in [0.2, 0.25) is 11.8 Å². The summed E-state index contributed by atoms with van der Waals surface area (Å²) in [6.07, 6.45) is 5.57. The predicted molar refractivity (Wildman–Crippen MR) is 111 cm³/mol. The monoisotopic (exact) mass is 393 g/mol. The van der Waals surface area contributed by atoms with Crippen molar-refractivity contribution in [1.29, 1.82) is 0 Å². The number of carbonyl (C=O) groups is 2. The lowest BCUT2D eigenvalue weighted by atomic mass is 9.78. The molecule has 1 aromatic carbocycles. The summed E-state index contributed by atoms with van der Waals surface area (Å²) in [7, 11) is 1.67. The number of hydrogen-bond acceptors (Lipinski definition) is 5. The van der Waals surface area contributed by atoms with Gasteiger partial charge in [0.25, 0.3) is 0 Å². The average molecular weight is 393 g/mol. The zero-order chi connectivity index (χ0) is 20.3. The molecule has 0 aliphatic carbocycles. The minimum atomic E-state index is -0.625. The van der Waals surface area contributed by atoms with E-state index in [1.54, 1.807) is 19.4 Å². The molecule has 2 aliphatic rings. The van der Waals surface area contributed by atoms with Crippen molar-refractivity contribution < 1.29 is 9.59 Å². The zero-order valence-corrected chi connectivity index (χ0v) is 16.6. The first-order chi connectivity index (χ1) is 14.1. The van der Waals surface area contributed by atoms with Crippen molar-refractivity contribution in [1.82, 2.24) is 26.1 Å². The Labute approximate surface area is 170 Å². The topological polar surface area (TPSA) is 86.4 Å². The lowest BCUT2D eigenvalue weighted by molar-refractivity contribution is -0.134. The van der Waals surface area contributed by atoms with Gasteiger partial charge in [-0.1, -0.05) is 24.3 Å². The summed E-state index contributed by atoms with van der Waals surface area (Å²) in [6, 6.07) is 11.9. The number of rotatable bonds is 5. The maximum Gasteiger partial charge on any atom is 0.241 e. The Hall–Kier alpha value is -2.77. The molecule has 2 aromatic rings. The van der Waals surface area contributed by atoms with Crippen LogP contribution in [0.25, 0.3) is 11.1 Å². The summed E-state index contributed by atoms with van der Waals surface area (Å²) in [4.78, 5) is 31.8. The minimum absolute atomic E-state index is 0.00478. The van der Waals surface area contributed by atoms with Gasteiger partial charge in [0.1, 0.15) is 6.04 Å². The number of amides is 2. The van der Waals surface area contributed by atoms with E-state index in [2.05, 4.69) is 33.3 Å². The Kier molecular flexibility index (Phi) is 5.60. The van der Waals surface area contributed by atoms with Crippen LogP contribution in [0.5, 0.6) is 0 Å². The third-order valence-electron chi connectivity index (χ3n) is 6.04. The van der Waals surface area contributed by atoms with Gasteiger partial charge in [-0.25, -0.2) is 5.43 Å². The molecule has 7 nitrogen and oxygen atoms in total. The summed E-state index contributed by atoms with van der Waals surface area (Å²) in [5.41, 5.74) is 8.71. The van der Waals surface area contributed by atoms with Gasteiger partial charge in [0.15, 0.2) is 0 Å². The van der Waals surface area contributed by atoms with E-state index < -0.39 is 5.41 Å². The van der Waals surface area contributed by atoms with E-state index in [9.17, 15) is 9.59 Å². The first kappa shape index (κ1) is 19.5. The largest absolute Gasteiger partial charge is 0.359 e. The molecule has 2 fully saturated rings. The summed E-state index contributed by atoms with van der Waals surface area (Å²) >= 11 is 0. The highest BCUT2D eigenvalue weighted by atomic mass is 16.2. The van der Waals surface area contributed by atoms with Gasteiger partial charge in [-0.05, 0) is 48.1 Å². The molecule has 2 saturated heterocycles. The number of carbonyl (C=O) groups excluding carboxylic acids is 2. The van der Waals surface area contributed by atoms with E-state index in [0.717, 1.165) is 29.7 Å². The molecule has 0 spiro atoms. The van der Waals surface area contributed by atoms with E-state index in [-0.39, 0.29) is 17.9 Å². The number of likely N-dealkylation sites (tertiary alicyclic amines) is 1. The van der Waals surface area contributed by atoms with E-state index in [4.69, 9.17) is 0 Å². The van der Waals surface area contributed by atoms with E-state index in [0.29, 0.717) is 25.9 Å². The molecule has 2 atom stereocenters. The number of pyridine rings is 1. The van der Waals surface area contributed by atoms with Crippen LogP contribution in [0.4, 0.5) is 0 Å². The van der Waals surface area contributed by atoms with E-state index in [1.165, 1.54) is 0 Å². The summed E-state index contributed by atoms with van der Waals surface area (Å²) in [6.45, 7) is 1.82. The molecular formula is C22H27N5O2. The third-order valence-corrected chi connectivity index (χ3v) is 6.04. The molecule has 2 aliphatic heterocycles. The van der Waals surface area contributed by atoms with E-state index in [1.807, 2.05) is 29.2 Å². The van der Waals surface area contributed by atoms with Gasteiger partial charge in [-0.15, -0.1) is 0 Å². The van der Waals surface area contributed by atoms with Crippen LogP contribution in [-0.4, -0.2) is 54.4 Å². The maximum atomic E-state index is 13.0. The van der Waals surface area contributed by atoms with Crippen LogP contribution in [-0.2, 0) is 16.0 Å². The Morgan fingerprint density at radius 1 is 1.24 bits per heavy atom. The van der Waals surface area contributed by atoms with Gasteiger partial charge in [-0.3, -0.25) is 20.0 Å². The first-order valence-electron chi connectivity index (χ1n) is 10.1. The van der Waals surface area contributed by atoms with Crippen molar-refractivity contribution >= 4 is 11.8 Å². The third kappa shape index (κ3) is 3.88. The van der Waals surface area contributed by atoms with Gasteiger partial charge >= 0.3 is 0 Å². The van der Waals surface area contributed by atoms with Crippen LogP contribution in [0, 0.1) is 5.41 Å². The standard InChI is InChI=1S/C22H27N5O2/c1-23-21(29)22(9-13-27(15-22)20(28)19-8-12-25-26-19)14-17-4-2-3-5-18(17)16-6-10-24-11-7-16/h2-7,10-11,19,25-26H,8-9,12-15H2,1H3,(H,23,29). The number of aromatic nitrogens is 1. The molecule has 3 N–H and O–H groups in total. The first-order valence-corrected chi connectivity index (χ1v) is 10.1. The SMILES string of the molecule is CNC(=O)C1(Cc2ccccc2-c2ccncc2)CCN(C(=O)C2CCNN2)C1. The predicted octanol–water partition coefficient (Wildman–Crippen LogP) is 1.12. The molecule has 2 unspecified atom stereocenters. The van der Waals surface area contributed by atoms with Crippen LogP contribution in [0.3, 0.4) is 0 Å². The van der Waals surface area contributed by atoms with Crippen LogP contribution in [0.2, 0.25) is 0 Å². The molecule has 2 amide bonds. The fraction of sp³-hybridized carbons (Fsp3) is 0.409. The summed E-state index contributed by atoms with van der Waals surface area (Å²) < 4.78 is 0. The molecule has 29 heavy (non-hydrogen) atoms. The molecule has 3 heterocycles. The lowest BCUT2D eigenvalue weighted by Crippen LogP contribution is -2.48. The Morgan fingerprint density at radius 2 is 2.03 bits per heavy atom. The Bertz CT molecular complexity index is 882. The molecule has 1 aromatic heterocycles. The van der Waals surface area contributed by atoms with Gasteiger partial charge in [0, 0.05) is 39.1 Å².